The number of hydrogen-bond acceptors (Lipinski definition) is 3. The first-order valence-electron chi connectivity index (χ1n) is 6.82. The van der Waals surface area contributed by atoms with Crippen molar-refractivity contribution in [3.63, 3.8) is 0 Å². The van der Waals surface area contributed by atoms with E-state index in [1.807, 2.05) is 30.3 Å². The minimum absolute atomic E-state index is 0.00714. The van der Waals surface area contributed by atoms with Gasteiger partial charge in [-0.25, -0.2) is 0 Å². The summed E-state index contributed by atoms with van der Waals surface area (Å²) in [5, 5.41) is 5.93. The predicted molar refractivity (Wildman–Crippen MR) is 78.2 cm³/mol. The van der Waals surface area contributed by atoms with Crippen LogP contribution in [-0.2, 0) is 9.53 Å². The van der Waals surface area contributed by atoms with Gasteiger partial charge in [0.15, 0.2) is 0 Å². The van der Waals surface area contributed by atoms with Gasteiger partial charge >= 0.3 is 0 Å². The lowest BCUT2D eigenvalue weighted by atomic mass is 10.2. The van der Waals surface area contributed by atoms with E-state index in [9.17, 15) is 4.79 Å². The zero-order chi connectivity index (χ0) is 13.9. The van der Waals surface area contributed by atoms with Gasteiger partial charge in [0.1, 0.15) is 0 Å². The second-order valence-corrected chi connectivity index (χ2v) is 4.89. The van der Waals surface area contributed by atoms with E-state index in [-0.39, 0.29) is 5.91 Å². The number of benzene rings is 1. The molecule has 0 atom stereocenters. The monoisotopic (exact) mass is 264 g/mol. The average Bonchev–Trinajstić information content (AvgIpc) is 2.41. The summed E-state index contributed by atoms with van der Waals surface area (Å²) in [5.74, 6) is 0.567. The van der Waals surface area contributed by atoms with Crippen molar-refractivity contribution >= 4 is 11.6 Å². The molecular formula is C15H24N2O2. The van der Waals surface area contributed by atoms with E-state index in [0.29, 0.717) is 25.6 Å². The van der Waals surface area contributed by atoms with E-state index in [0.717, 1.165) is 18.7 Å². The molecule has 0 saturated heterocycles. The lowest BCUT2D eigenvalue weighted by molar-refractivity contribution is -0.119. The summed E-state index contributed by atoms with van der Waals surface area (Å²) < 4.78 is 5.44. The van der Waals surface area contributed by atoms with Crippen LogP contribution in [0.25, 0.3) is 0 Å². The molecule has 0 aliphatic heterocycles. The number of amides is 1. The molecule has 4 nitrogen and oxygen atoms in total. The van der Waals surface area contributed by atoms with E-state index in [2.05, 4.69) is 24.5 Å². The van der Waals surface area contributed by atoms with Gasteiger partial charge in [-0.2, -0.15) is 0 Å². The molecule has 0 radical (unpaired) electrons. The Morgan fingerprint density at radius 2 is 2.00 bits per heavy atom. The van der Waals surface area contributed by atoms with E-state index in [4.69, 9.17) is 4.74 Å². The van der Waals surface area contributed by atoms with Gasteiger partial charge in [-0.05, 0) is 24.5 Å². The van der Waals surface area contributed by atoms with Crippen LogP contribution in [0.1, 0.15) is 20.3 Å². The maximum atomic E-state index is 11.5. The molecule has 1 aromatic rings. The van der Waals surface area contributed by atoms with E-state index < -0.39 is 0 Å². The minimum atomic E-state index is 0.00714. The molecule has 0 unspecified atom stereocenters. The second kappa shape index (κ2) is 9.39. The van der Waals surface area contributed by atoms with Crippen LogP contribution in [0.5, 0.6) is 0 Å². The number of carbonyl (C=O) groups excluding carboxylic acids is 1. The van der Waals surface area contributed by atoms with Crippen LogP contribution in [0, 0.1) is 5.92 Å². The Bertz CT molecular complexity index is 352. The largest absolute Gasteiger partial charge is 0.381 e. The molecule has 0 spiro atoms. The summed E-state index contributed by atoms with van der Waals surface area (Å²) in [6, 6.07) is 9.70. The van der Waals surface area contributed by atoms with Crippen molar-refractivity contribution in [2.75, 3.05) is 31.6 Å². The fraction of sp³-hybridized carbons (Fsp3) is 0.533. The Morgan fingerprint density at radius 3 is 2.68 bits per heavy atom. The highest BCUT2D eigenvalue weighted by Crippen LogP contribution is 2.03. The maximum Gasteiger partial charge on any atom is 0.239 e. The molecule has 0 aliphatic carbocycles. The molecule has 2 N–H and O–H groups in total. The molecule has 19 heavy (non-hydrogen) atoms. The number of ether oxygens (including phenoxy) is 1. The fourth-order valence-electron chi connectivity index (χ4n) is 1.52. The zero-order valence-electron chi connectivity index (χ0n) is 11.8. The molecule has 0 bridgehead atoms. The Morgan fingerprint density at radius 1 is 1.26 bits per heavy atom. The summed E-state index contributed by atoms with van der Waals surface area (Å²) in [6.07, 6.45) is 0.851. The highest BCUT2D eigenvalue weighted by molar-refractivity contribution is 5.80. The molecule has 4 heteroatoms. The van der Waals surface area contributed by atoms with Crippen LogP contribution < -0.4 is 10.6 Å². The van der Waals surface area contributed by atoms with Crippen molar-refractivity contribution in [1.82, 2.24) is 5.32 Å². The SMILES string of the molecule is CC(C)COCCCNC(=O)CNc1ccccc1. The van der Waals surface area contributed by atoms with Crippen molar-refractivity contribution in [3.8, 4) is 0 Å². The average molecular weight is 264 g/mol. The molecule has 0 saturated carbocycles. The predicted octanol–water partition coefficient (Wildman–Crippen LogP) is 2.28. The van der Waals surface area contributed by atoms with Crippen molar-refractivity contribution in [1.29, 1.82) is 0 Å². The van der Waals surface area contributed by atoms with Crippen molar-refractivity contribution in [3.05, 3.63) is 30.3 Å². The van der Waals surface area contributed by atoms with Gasteiger partial charge in [0, 0.05) is 25.4 Å². The van der Waals surface area contributed by atoms with E-state index in [1.165, 1.54) is 0 Å². The van der Waals surface area contributed by atoms with Crippen molar-refractivity contribution in [2.45, 2.75) is 20.3 Å². The maximum absolute atomic E-state index is 11.5. The molecular weight excluding hydrogens is 240 g/mol. The van der Waals surface area contributed by atoms with E-state index >= 15 is 0 Å². The summed E-state index contributed by atoms with van der Waals surface area (Å²) in [6.45, 7) is 6.69. The Kier molecular flexibility index (Phi) is 7.66. The Labute approximate surface area is 115 Å². The first kappa shape index (κ1) is 15.5. The van der Waals surface area contributed by atoms with Gasteiger partial charge in [-0.15, -0.1) is 0 Å². The van der Waals surface area contributed by atoms with Crippen LogP contribution >= 0.6 is 0 Å². The van der Waals surface area contributed by atoms with Crippen molar-refractivity contribution in [2.24, 2.45) is 5.92 Å². The van der Waals surface area contributed by atoms with E-state index in [1.54, 1.807) is 0 Å². The molecule has 1 amide bonds. The molecule has 1 aromatic carbocycles. The number of rotatable bonds is 9. The highest BCUT2D eigenvalue weighted by Gasteiger charge is 2.00. The van der Waals surface area contributed by atoms with Crippen LogP contribution in [0.2, 0.25) is 0 Å². The number of hydrogen-bond donors (Lipinski definition) is 2. The first-order valence-corrected chi connectivity index (χ1v) is 6.82. The lowest BCUT2D eigenvalue weighted by Gasteiger charge is -2.09. The van der Waals surface area contributed by atoms with Gasteiger partial charge in [-0.1, -0.05) is 32.0 Å². The number of carbonyl (C=O) groups is 1. The van der Waals surface area contributed by atoms with Gasteiger partial charge in [0.2, 0.25) is 5.91 Å². The normalized spacial score (nSPS) is 10.5. The van der Waals surface area contributed by atoms with Crippen LogP contribution in [0.4, 0.5) is 5.69 Å². The van der Waals surface area contributed by atoms with Crippen LogP contribution in [0.15, 0.2) is 30.3 Å². The summed E-state index contributed by atoms with van der Waals surface area (Å²) >= 11 is 0. The smallest absolute Gasteiger partial charge is 0.239 e. The third-order valence-corrected chi connectivity index (χ3v) is 2.47. The minimum Gasteiger partial charge on any atom is -0.381 e. The quantitative estimate of drug-likeness (QED) is 0.673. The molecule has 0 fully saturated rings. The number of nitrogens with one attached hydrogen (secondary N) is 2. The highest BCUT2D eigenvalue weighted by atomic mass is 16.5. The third kappa shape index (κ3) is 8.21. The van der Waals surface area contributed by atoms with Crippen molar-refractivity contribution < 1.29 is 9.53 Å². The topological polar surface area (TPSA) is 50.4 Å². The summed E-state index contributed by atoms with van der Waals surface area (Å²) in [4.78, 5) is 11.5. The van der Waals surface area contributed by atoms with Crippen LogP contribution in [0.3, 0.4) is 0 Å². The van der Waals surface area contributed by atoms with Crippen LogP contribution in [-0.4, -0.2) is 32.2 Å². The zero-order valence-corrected chi connectivity index (χ0v) is 11.8. The first-order chi connectivity index (χ1) is 9.18. The Hall–Kier alpha value is -1.55. The summed E-state index contributed by atoms with van der Waals surface area (Å²) in [7, 11) is 0. The molecule has 0 aromatic heterocycles. The standard InChI is InChI=1S/C15H24N2O2/c1-13(2)12-19-10-6-9-16-15(18)11-17-14-7-4-3-5-8-14/h3-5,7-8,13,17H,6,9-12H2,1-2H3,(H,16,18). The molecule has 0 heterocycles. The third-order valence-electron chi connectivity index (χ3n) is 2.47. The van der Waals surface area contributed by atoms with Gasteiger partial charge in [0.25, 0.3) is 0 Å². The molecule has 0 aliphatic rings. The second-order valence-electron chi connectivity index (χ2n) is 4.89. The van der Waals surface area contributed by atoms with Gasteiger partial charge in [-0.3, -0.25) is 4.79 Å². The number of para-hydroxylation sites is 1. The molecule has 106 valence electrons. The summed E-state index contributed by atoms with van der Waals surface area (Å²) in [5.41, 5.74) is 0.956. The Balaban J connectivity index is 1.99. The van der Waals surface area contributed by atoms with Gasteiger partial charge < -0.3 is 15.4 Å². The molecule has 1 rings (SSSR count). The fourth-order valence-corrected chi connectivity index (χ4v) is 1.52. The number of anilines is 1. The van der Waals surface area contributed by atoms with Gasteiger partial charge in [0.05, 0.1) is 6.54 Å². The lowest BCUT2D eigenvalue weighted by Crippen LogP contribution is -2.31.